The number of carbonyl (C=O) groups is 1. The maximum Gasteiger partial charge on any atom is 0.229 e. The molecule has 8 nitrogen and oxygen atoms in total. The van der Waals surface area contributed by atoms with E-state index in [1.54, 1.807) is 25.2 Å². The fraction of sp³-hybridized carbons (Fsp3) is 0.190. The molecule has 1 aliphatic rings. The average Bonchev–Trinajstić information content (AvgIpc) is 3.19. The third-order valence-corrected chi connectivity index (χ3v) is 5.60. The molecular weight excluding hydrogens is 456 g/mol. The Hall–Kier alpha value is -3.14. The average molecular weight is 476 g/mol. The summed E-state index contributed by atoms with van der Waals surface area (Å²) < 4.78 is 14.3. The summed E-state index contributed by atoms with van der Waals surface area (Å²) >= 11 is 11.9. The molecule has 2 aromatic carbocycles. The van der Waals surface area contributed by atoms with Crippen LogP contribution in [0.5, 0.6) is 0 Å². The van der Waals surface area contributed by atoms with E-state index >= 15 is 0 Å². The molecular formula is C21H20Cl2FN7O. The third kappa shape index (κ3) is 5.01. The van der Waals surface area contributed by atoms with Gasteiger partial charge < -0.3 is 21.0 Å². The molecule has 0 radical (unpaired) electrons. The quantitative estimate of drug-likeness (QED) is 0.403. The largest absolute Gasteiger partial charge is 0.359 e. The third-order valence-electron chi connectivity index (χ3n) is 4.86. The number of halogens is 3. The molecule has 166 valence electrons. The van der Waals surface area contributed by atoms with Crippen molar-refractivity contribution in [3.8, 4) is 0 Å². The van der Waals surface area contributed by atoms with E-state index in [0.717, 1.165) is 23.1 Å². The van der Waals surface area contributed by atoms with Gasteiger partial charge in [0.05, 0.1) is 21.9 Å². The number of carbonyl (C=O) groups excluding carboxylic acids is 1. The molecule has 11 heteroatoms. The monoisotopic (exact) mass is 475 g/mol. The Bertz CT molecular complexity index is 1160. The number of hydrogen-bond donors (Lipinski definition) is 4. The van der Waals surface area contributed by atoms with Crippen molar-refractivity contribution in [2.45, 2.75) is 13.0 Å². The predicted octanol–water partition coefficient (Wildman–Crippen LogP) is 4.37. The van der Waals surface area contributed by atoms with Gasteiger partial charge in [0.2, 0.25) is 11.9 Å². The molecule has 0 saturated carbocycles. The van der Waals surface area contributed by atoms with Crippen LogP contribution in [0.15, 0.2) is 42.6 Å². The van der Waals surface area contributed by atoms with Crippen molar-refractivity contribution in [3.05, 3.63) is 64.0 Å². The molecule has 0 spiro atoms. The summed E-state index contributed by atoms with van der Waals surface area (Å²) in [6.07, 6.45) is 1.45. The lowest BCUT2D eigenvalue weighted by molar-refractivity contribution is -0.120. The molecule has 1 aliphatic heterocycles. The number of hydrazine groups is 1. The fourth-order valence-corrected chi connectivity index (χ4v) is 3.50. The van der Waals surface area contributed by atoms with Crippen molar-refractivity contribution < 1.29 is 9.18 Å². The van der Waals surface area contributed by atoms with E-state index in [1.807, 2.05) is 23.2 Å². The number of benzene rings is 2. The van der Waals surface area contributed by atoms with Crippen molar-refractivity contribution >= 4 is 57.9 Å². The molecule has 0 fully saturated rings. The summed E-state index contributed by atoms with van der Waals surface area (Å²) in [4.78, 5) is 19.8. The number of aromatic nitrogens is 2. The maximum absolute atomic E-state index is 14.3. The first-order chi connectivity index (χ1) is 15.4. The number of hydrogen-bond acceptors (Lipinski definition) is 7. The van der Waals surface area contributed by atoms with Crippen molar-refractivity contribution in [3.63, 3.8) is 0 Å². The van der Waals surface area contributed by atoms with E-state index in [4.69, 9.17) is 23.2 Å². The summed E-state index contributed by atoms with van der Waals surface area (Å²) in [5.41, 5.74) is 6.59. The number of anilines is 5. The number of rotatable bonds is 7. The van der Waals surface area contributed by atoms with Crippen molar-refractivity contribution in [1.82, 2.24) is 20.7 Å². The SMILES string of the molecule is CNC(=O)CCN1NCc2ccc(Nc3ncc(F)c(Nc4ccc(Cl)c(Cl)c4)n3)cc21. The van der Waals surface area contributed by atoms with Gasteiger partial charge in [-0.2, -0.15) is 4.98 Å². The van der Waals surface area contributed by atoms with Crippen LogP contribution in [-0.2, 0) is 11.3 Å². The highest BCUT2D eigenvalue weighted by atomic mass is 35.5. The van der Waals surface area contributed by atoms with E-state index in [1.165, 1.54) is 0 Å². The van der Waals surface area contributed by atoms with Crippen LogP contribution in [0.1, 0.15) is 12.0 Å². The summed E-state index contributed by atoms with van der Waals surface area (Å²) in [5, 5.41) is 11.3. The Balaban J connectivity index is 1.50. The number of nitrogens with one attached hydrogen (secondary N) is 4. The minimum absolute atomic E-state index is 0.00378. The molecule has 1 aromatic heterocycles. The normalized spacial score (nSPS) is 12.4. The molecule has 4 rings (SSSR count). The van der Waals surface area contributed by atoms with E-state index in [9.17, 15) is 9.18 Å². The zero-order valence-corrected chi connectivity index (χ0v) is 18.6. The molecule has 4 N–H and O–H groups in total. The number of nitrogens with zero attached hydrogens (tertiary/aromatic N) is 3. The smallest absolute Gasteiger partial charge is 0.229 e. The maximum atomic E-state index is 14.3. The molecule has 0 atom stereocenters. The van der Waals surface area contributed by atoms with Crippen LogP contribution in [0.2, 0.25) is 10.0 Å². The van der Waals surface area contributed by atoms with Crippen molar-refractivity contribution in [1.29, 1.82) is 0 Å². The topological polar surface area (TPSA) is 94.2 Å². The highest BCUT2D eigenvalue weighted by molar-refractivity contribution is 6.42. The van der Waals surface area contributed by atoms with Crippen LogP contribution in [0, 0.1) is 5.82 Å². The van der Waals surface area contributed by atoms with Crippen molar-refractivity contribution in [2.24, 2.45) is 0 Å². The van der Waals surface area contributed by atoms with Gasteiger partial charge in [0.25, 0.3) is 0 Å². The standard InChI is InChI=1S/C21H20Cl2FN7O/c1-25-19(32)6-7-31-18-9-14(3-2-12(18)10-27-31)29-21-26-11-17(24)20(30-21)28-13-4-5-15(22)16(23)8-13/h2-5,8-9,11,27H,6-7,10H2,1H3,(H,25,32)(H2,26,28,29,30). The lowest BCUT2D eigenvalue weighted by atomic mass is 10.1. The first-order valence-electron chi connectivity index (χ1n) is 9.79. The number of amides is 1. The first kappa shape index (κ1) is 22.1. The van der Waals surface area contributed by atoms with Crippen molar-refractivity contribution in [2.75, 3.05) is 29.2 Å². The number of fused-ring (bicyclic) bond motifs is 1. The first-order valence-corrected chi connectivity index (χ1v) is 10.5. The van der Waals surface area contributed by atoms with Crippen LogP contribution in [0.4, 0.5) is 33.2 Å². The highest BCUT2D eigenvalue weighted by Gasteiger charge is 2.20. The zero-order valence-electron chi connectivity index (χ0n) is 17.0. The van der Waals surface area contributed by atoms with E-state index in [0.29, 0.717) is 35.2 Å². The zero-order chi connectivity index (χ0) is 22.7. The Kier molecular flexibility index (Phi) is 6.59. The molecule has 3 aromatic rings. The molecule has 0 bridgehead atoms. The van der Waals surface area contributed by atoms with Gasteiger partial charge in [-0.1, -0.05) is 29.3 Å². The predicted molar refractivity (Wildman–Crippen MR) is 124 cm³/mol. The van der Waals surface area contributed by atoms with Crippen LogP contribution < -0.4 is 26.4 Å². The lowest BCUT2D eigenvalue weighted by Gasteiger charge is -2.19. The van der Waals surface area contributed by atoms with Crippen LogP contribution in [-0.4, -0.2) is 29.5 Å². The molecule has 0 unspecified atom stereocenters. The Morgan fingerprint density at radius 2 is 1.94 bits per heavy atom. The molecule has 2 heterocycles. The minimum atomic E-state index is -0.611. The van der Waals surface area contributed by atoms with Gasteiger partial charge in [-0.15, -0.1) is 0 Å². The molecule has 0 saturated heterocycles. The summed E-state index contributed by atoms with van der Waals surface area (Å²) in [5.74, 6) is -0.427. The van der Waals surface area contributed by atoms with Gasteiger partial charge in [-0.3, -0.25) is 4.79 Å². The Morgan fingerprint density at radius 1 is 1.16 bits per heavy atom. The van der Waals surface area contributed by atoms with Crippen LogP contribution in [0.25, 0.3) is 0 Å². The Morgan fingerprint density at radius 3 is 2.72 bits per heavy atom. The molecule has 1 amide bonds. The second-order valence-electron chi connectivity index (χ2n) is 7.02. The van der Waals surface area contributed by atoms with Crippen LogP contribution in [0.3, 0.4) is 0 Å². The molecule has 32 heavy (non-hydrogen) atoms. The van der Waals surface area contributed by atoms with E-state index in [-0.39, 0.29) is 17.7 Å². The van der Waals surface area contributed by atoms with Gasteiger partial charge in [0.15, 0.2) is 11.6 Å². The summed E-state index contributed by atoms with van der Waals surface area (Å²) in [7, 11) is 1.61. The molecule has 0 aliphatic carbocycles. The van der Waals surface area contributed by atoms with Gasteiger partial charge in [-0.05, 0) is 35.9 Å². The summed E-state index contributed by atoms with van der Waals surface area (Å²) in [6, 6.07) is 10.7. The fourth-order valence-electron chi connectivity index (χ4n) is 3.20. The van der Waals surface area contributed by atoms with E-state index < -0.39 is 5.82 Å². The lowest BCUT2D eigenvalue weighted by Crippen LogP contribution is -2.35. The van der Waals surface area contributed by atoms with Crippen LogP contribution >= 0.6 is 23.2 Å². The second kappa shape index (κ2) is 9.56. The van der Waals surface area contributed by atoms with E-state index in [2.05, 4.69) is 31.3 Å². The minimum Gasteiger partial charge on any atom is -0.359 e. The van der Waals surface area contributed by atoms with Gasteiger partial charge in [-0.25, -0.2) is 14.8 Å². The van der Waals surface area contributed by atoms with Gasteiger partial charge in [0, 0.05) is 37.9 Å². The second-order valence-corrected chi connectivity index (χ2v) is 7.84. The summed E-state index contributed by atoms with van der Waals surface area (Å²) in [6.45, 7) is 1.20. The highest BCUT2D eigenvalue weighted by Crippen LogP contribution is 2.30. The van der Waals surface area contributed by atoms with Gasteiger partial charge in [0.1, 0.15) is 0 Å². The van der Waals surface area contributed by atoms with Gasteiger partial charge >= 0.3 is 0 Å². The Labute approximate surface area is 194 Å².